The molecule has 2 unspecified atom stereocenters. The molecule has 2 atom stereocenters. The van der Waals surface area contributed by atoms with Crippen molar-refractivity contribution in [2.24, 2.45) is 0 Å². The topological polar surface area (TPSA) is 48.1 Å². The highest BCUT2D eigenvalue weighted by Crippen LogP contribution is 2.37. The zero-order chi connectivity index (χ0) is 13.7. The Labute approximate surface area is 114 Å². The van der Waals surface area contributed by atoms with Gasteiger partial charge in [0.25, 0.3) is 0 Å². The molecule has 0 spiro atoms. The smallest absolute Gasteiger partial charge is 0.330 e. The van der Waals surface area contributed by atoms with Gasteiger partial charge in [-0.25, -0.2) is 4.79 Å². The van der Waals surface area contributed by atoms with E-state index in [0.717, 1.165) is 37.9 Å². The van der Waals surface area contributed by atoms with E-state index >= 15 is 0 Å². The molecule has 2 aliphatic rings. The molecule has 0 amide bonds. The van der Waals surface area contributed by atoms with Crippen LogP contribution < -0.4 is 0 Å². The third-order valence-corrected chi connectivity index (χ3v) is 3.63. The van der Waals surface area contributed by atoms with Crippen molar-refractivity contribution in [1.82, 2.24) is 0 Å². The van der Waals surface area contributed by atoms with Gasteiger partial charge in [-0.15, -0.1) is 0 Å². The normalized spacial score (nSPS) is 29.9. The van der Waals surface area contributed by atoms with Gasteiger partial charge in [-0.2, -0.15) is 0 Å². The van der Waals surface area contributed by atoms with Crippen LogP contribution in [0.5, 0.6) is 0 Å². The first-order valence-electron chi connectivity index (χ1n) is 6.85. The first-order valence-corrected chi connectivity index (χ1v) is 6.85. The van der Waals surface area contributed by atoms with E-state index in [1.165, 1.54) is 6.08 Å². The van der Waals surface area contributed by atoms with Crippen molar-refractivity contribution in [3.63, 3.8) is 0 Å². The van der Waals surface area contributed by atoms with Gasteiger partial charge < -0.3 is 14.2 Å². The summed E-state index contributed by atoms with van der Waals surface area (Å²) in [6.07, 6.45) is 5.83. The molecule has 0 aromatic rings. The second kappa shape index (κ2) is 6.35. The molecule has 2 rings (SSSR count). The fourth-order valence-corrected chi connectivity index (χ4v) is 2.54. The summed E-state index contributed by atoms with van der Waals surface area (Å²) in [7, 11) is 0. The van der Waals surface area contributed by atoms with Crippen molar-refractivity contribution in [3.05, 3.63) is 24.8 Å². The summed E-state index contributed by atoms with van der Waals surface area (Å²) in [4.78, 5) is 11.5. The van der Waals surface area contributed by atoms with Crippen molar-refractivity contribution in [2.75, 3.05) is 19.8 Å². The zero-order valence-corrected chi connectivity index (χ0v) is 11.4. The summed E-state index contributed by atoms with van der Waals surface area (Å²) in [5.41, 5.74) is 0.694. The lowest BCUT2D eigenvalue weighted by Gasteiger charge is -2.37. The van der Waals surface area contributed by atoms with Crippen LogP contribution in [0, 0.1) is 0 Å². The van der Waals surface area contributed by atoms with E-state index in [1.54, 1.807) is 0 Å². The van der Waals surface area contributed by atoms with E-state index in [-0.39, 0.29) is 12.1 Å². The Balaban J connectivity index is 1.85. The number of carbonyl (C=O) groups is 1. The number of rotatable bonds is 7. The lowest BCUT2D eigenvalue weighted by atomic mass is 9.80. The standard InChI is InChI=1S/C15H22O4/c1-3-14(16)19-15(6-4-5-12(2)9-15)7-8-17-10-13-11-18-13/h3,13H,1-2,4-11H2. The van der Waals surface area contributed by atoms with E-state index < -0.39 is 5.60 Å². The van der Waals surface area contributed by atoms with E-state index in [4.69, 9.17) is 14.2 Å². The molecule has 1 heterocycles. The van der Waals surface area contributed by atoms with Gasteiger partial charge in [0.2, 0.25) is 0 Å². The van der Waals surface area contributed by atoms with Crippen LogP contribution in [0.25, 0.3) is 0 Å². The zero-order valence-electron chi connectivity index (χ0n) is 11.4. The first-order chi connectivity index (χ1) is 9.13. The summed E-state index contributed by atoms with van der Waals surface area (Å²) in [5, 5.41) is 0. The molecule has 0 radical (unpaired) electrons. The molecule has 0 aromatic heterocycles. The number of esters is 1. The van der Waals surface area contributed by atoms with Gasteiger partial charge in [0.05, 0.1) is 19.8 Å². The van der Waals surface area contributed by atoms with Crippen LogP contribution in [0.15, 0.2) is 24.8 Å². The summed E-state index contributed by atoms with van der Waals surface area (Å²) < 4.78 is 16.2. The quantitative estimate of drug-likeness (QED) is 0.233. The van der Waals surface area contributed by atoms with Crippen LogP contribution in [-0.4, -0.2) is 37.5 Å². The molecule has 19 heavy (non-hydrogen) atoms. The maximum atomic E-state index is 11.5. The fraction of sp³-hybridized carbons (Fsp3) is 0.667. The predicted octanol–water partition coefficient (Wildman–Crippen LogP) is 2.39. The lowest BCUT2D eigenvalue weighted by molar-refractivity contribution is -0.157. The Bertz CT molecular complexity index is 359. The summed E-state index contributed by atoms with van der Waals surface area (Å²) in [6, 6.07) is 0. The molecule has 4 heteroatoms. The van der Waals surface area contributed by atoms with Crippen LogP contribution in [0.1, 0.15) is 32.1 Å². The molecule has 106 valence electrons. The minimum absolute atomic E-state index is 0.271. The van der Waals surface area contributed by atoms with Gasteiger partial charge in [0.1, 0.15) is 11.7 Å². The van der Waals surface area contributed by atoms with Gasteiger partial charge >= 0.3 is 5.97 Å². The number of carbonyl (C=O) groups excluding carboxylic acids is 1. The van der Waals surface area contributed by atoms with Gasteiger partial charge in [-0.3, -0.25) is 0 Å². The molecule has 1 aliphatic carbocycles. The van der Waals surface area contributed by atoms with E-state index in [1.807, 2.05) is 0 Å². The van der Waals surface area contributed by atoms with Crippen LogP contribution in [0.4, 0.5) is 0 Å². The number of ether oxygens (including phenoxy) is 3. The second-order valence-electron chi connectivity index (χ2n) is 5.37. The molecule has 2 fully saturated rings. The van der Waals surface area contributed by atoms with Crippen molar-refractivity contribution in [1.29, 1.82) is 0 Å². The van der Waals surface area contributed by atoms with Gasteiger partial charge in [-0.1, -0.05) is 18.7 Å². The van der Waals surface area contributed by atoms with Gasteiger partial charge in [-0.05, 0) is 19.3 Å². The van der Waals surface area contributed by atoms with Gasteiger partial charge in [0.15, 0.2) is 0 Å². The first kappa shape index (κ1) is 14.3. The summed E-state index contributed by atoms with van der Waals surface area (Å²) >= 11 is 0. The molecule has 0 N–H and O–H groups in total. The van der Waals surface area contributed by atoms with Crippen molar-refractivity contribution in [2.45, 2.75) is 43.8 Å². The highest BCUT2D eigenvalue weighted by atomic mass is 16.6. The Morgan fingerprint density at radius 2 is 2.37 bits per heavy atom. The predicted molar refractivity (Wildman–Crippen MR) is 71.8 cm³/mol. The van der Waals surface area contributed by atoms with Gasteiger partial charge in [0, 0.05) is 18.9 Å². The van der Waals surface area contributed by atoms with Crippen LogP contribution >= 0.6 is 0 Å². The Morgan fingerprint density at radius 3 is 3.00 bits per heavy atom. The maximum absolute atomic E-state index is 11.5. The average Bonchev–Trinajstić information content (AvgIpc) is 3.18. The Kier molecular flexibility index (Phi) is 4.77. The molecule has 1 aliphatic heterocycles. The minimum atomic E-state index is -0.453. The average molecular weight is 266 g/mol. The Morgan fingerprint density at radius 1 is 1.58 bits per heavy atom. The maximum Gasteiger partial charge on any atom is 0.330 e. The van der Waals surface area contributed by atoms with E-state index in [0.29, 0.717) is 19.6 Å². The molecular formula is C15H22O4. The molecule has 0 aromatic carbocycles. The number of hydrogen-bond donors (Lipinski definition) is 0. The van der Waals surface area contributed by atoms with E-state index in [9.17, 15) is 4.79 Å². The third-order valence-electron chi connectivity index (χ3n) is 3.63. The third kappa shape index (κ3) is 4.48. The SMILES string of the molecule is C=CC(=O)OC1(CCOCC2CO2)CCCC(=C)C1. The fourth-order valence-electron chi connectivity index (χ4n) is 2.54. The lowest BCUT2D eigenvalue weighted by Crippen LogP contribution is -2.38. The highest BCUT2D eigenvalue weighted by Gasteiger charge is 2.36. The Hall–Kier alpha value is -1.13. The van der Waals surface area contributed by atoms with Crippen LogP contribution in [-0.2, 0) is 19.0 Å². The molecule has 0 bridgehead atoms. The molecule has 1 saturated carbocycles. The molecule has 4 nitrogen and oxygen atoms in total. The van der Waals surface area contributed by atoms with Crippen LogP contribution in [0.2, 0.25) is 0 Å². The summed E-state index contributed by atoms with van der Waals surface area (Å²) in [6.45, 7) is 9.50. The summed E-state index contributed by atoms with van der Waals surface area (Å²) in [5.74, 6) is -0.361. The van der Waals surface area contributed by atoms with Crippen molar-refractivity contribution < 1.29 is 19.0 Å². The number of hydrogen-bond acceptors (Lipinski definition) is 4. The van der Waals surface area contributed by atoms with Crippen LogP contribution in [0.3, 0.4) is 0 Å². The highest BCUT2D eigenvalue weighted by molar-refractivity contribution is 5.81. The molecular weight excluding hydrogens is 244 g/mol. The van der Waals surface area contributed by atoms with Crippen molar-refractivity contribution in [3.8, 4) is 0 Å². The van der Waals surface area contributed by atoms with E-state index in [2.05, 4.69) is 13.2 Å². The minimum Gasteiger partial charge on any atom is -0.455 e. The molecule has 1 saturated heterocycles. The largest absolute Gasteiger partial charge is 0.455 e. The monoisotopic (exact) mass is 266 g/mol. The second-order valence-corrected chi connectivity index (χ2v) is 5.37. The number of epoxide rings is 1. The van der Waals surface area contributed by atoms with Crippen molar-refractivity contribution >= 4 is 5.97 Å².